The number of benzene rings is 1. The molecular weight excluding hydrogens is 134 g/mol. The predicted octanol–water partition coefficient (Wildman–Crippen LogP) is 2.72. The van der Waals surface area contributed by atoms with E-state index in [1.165, 1.54) is 11.1 Å². The van der Waals surface area contributed by atoms with E-state index < -0.39 is 0 Å². The van der Waals surface area contributed by atoms with Crippen molar-refractivity contribution in [1.82, 2.24) is 0 Å². The highest BCUT2D eigenvalue weighted by Gasteiger charge is 1.98. The van der Waals surface area contributed by atoms with Gasteiger partial charge in [0.25, 0.3) is 0 Å². The molecule has 1 heteroatoms. The summed E-state index contributed by atoms with van der Waals surface area (Å²) in [4.78, 5) is 3.35. The Morgan fingerprint density at radius 2 is 2.09 bits per heavy atom. The van der Waals surface area contributed by atoms with Gasteiger partial charge in [0.15, 0.2) is 0 Å². The van der Waals surface area contributed by atoms with Crippen LogP contribution in [-0.2, 0) is 6.54 Å². The normalized spacial score (nSPS) is 9.18. The first-order chi connectivity index (χ1) is 5.24. The van der Waals surface area contributed by atoms with Crippen LogP contribution < -0.4 is 0 Å². The molecule has 0 N–H and O–H groups in total. The van der Waals surface area contributed by atoms with Crippen LogP contribution in [0.2, 0.25) is 0 Å². The molecule has 0 spiro atoms. The molecule has 0 radical (unpaired) electrons. The summed E-state index contributed by atoms with van der Waals surface area (Å²) >= 11 is 0. The summed E-state index contributed by atoms with van der Waals surface area (Å²) in [6.45, 7) is 11.3. The lowest BCUT2D eigenvalue weighted by atomic mass is 10.1. The van der Waals surface area contributed by atoms with Gasteiger partial charge in [-0.05, 0) is 19.4 Å². The lowest BCUT2D eigenvalue weighted by molar-refractivity contribution is 1.19. The molecule has 0 heterocycles. The largest absolute Gasteiger partial charge is 0.312 e. The summed E-state index contributed by atoms with van der Waals surface area (Å²) in [5, 5.41) is 0. The van der Waals surface area contributed by atoms with Crippen LogP contribution in [0.5, 0.6) is 0 Å². The lowest BCUT2D eigenvalue weighted by Crippen LogP contribution is -1.85. The summed E-state index contributed by atoms with van der Waals surface area (Å²) in [5.74, 6) is 0. The van der Waals surface area contributed by atoms with Gasteiger partial charge in [-0.1, -0.05) is 23.8 Å². The zero-order valence-corrected chi connectivity index (χ0v) is 6.89. The van der Waals surface area contributed by atoms with E-state index in [-0.39, 0.29) is 0 Å². The molecule has 0 aliphatic heterocycles. The highest BCUT2D eigenvalue weighted by atomic mass is 14.6. The van der Waals surface area contributed by atoms with Crippen LogP contribution in [0.3, 0.4) is 0 Å². The van der Waals surface area contributed by atoms with Crippen molar-refractivity contribution in [1.29, 1.82) is 0 Å². The average Bonchev–Trinajstić information content (AvgIpc) is 1.95. The Bertz CT molecular complexity index is 294. The second kappa shape index (κ2) is 3.21. The quantitative estimate of drug-likeness (QED) is 0.535. The van der Waals surface area contributed by atoms with Crippen molar-refractivity contribution in [2.75, 3.05) is 0 Å². The van der Waals surface area contributed by atoms with Gasteiger partial charge in [-0.3, -0.25) is 0 Å². The molecule has 0 aromatic heterocycles. The number of nitrogens with zero attached hydrogens (tertiary/aromatic N) is 1. The molecule has 0 saturated heterocycles. The van der Waals surface area contributed by atoms with Crippen molar-refractivity contribution < 1.29 is 0 Å². The van der Waals surface area contributed by atoms with Gasteiger partial charge in [-0.25, -0.2) is 6.57 Å². The zero-order valence-electron chi connectivity index (χ0n) is 6.89. The Balaban J connectivity index is 3.01. The van der Waals surface area contributed by atoms with Crippen molar-refractivity contribution in [3.05, 3.63) is 46.3 Å². The van der Waals surface area contributed by atoms with Gasteiger partial charge in [0, 0.05) is 5.56 Å². The molecule has 0 fully saturated rings. The predicted molar refractivity (Wildman–Crippen MR) is 46.2 cm³/mol. The second-order valence-electron chi connectivity index (χ2n) is 2.75. The highest BCUT2D eigenvalue weighted by molar-refractivity contribution is 5.30. The van der Waals surface area contributed by atoms with E-state index in [1.807, 2.05) is 19.1 Å². The van der Waals surface area contributed by atoms with E-state index in [2.05, 4.69) is 17.8 Å². The standard InChI is InChI=1S/C10H11N/c1-8-4-5-10(7-11-3)9(2)6-8/h4-6H,7H2,1-2H3. The molecule has 0 atom stereocenters. The summed E-state index contributed by atoms with van der Waals surface area (Å²) < 4.78 is 0. The number of rotatable bonds is 1. The van der Waals surface area contributed by atoms with E-state index in [0.29, 0.717) is 6.54 Å². The minimum Gasteiger partial charge on any atom is -0.312 e. The molecule has 1 nitrogen and oxygen atoms in total. The van der Waals surface area contributed by atoms with Crippen LogP contribution in [0, 0.1) is 20.4 Å². The van der Waals surface area contributed by atoms with E-state index in [4.69, 9.17) is 6.57 Å². The first kappa shape index (κ1) is 7.81. The Hall–Kier alpha value is -1.29. The summed E-state index contributed by atoms with van der Waals surface area (Å²) in [6, 6.07) is 6.19. The maximum atomic E-state index is 6.72. The van der Waals surface area contributed by atoms with Crippen LogP contribution in [0.15, 0.2) is 18.2 Å². The molecule has 0 saturated carbocycles. The zero-order chi connectivity index (χ0) is 8.27. The third-order valence-electron chi connectivity index (χ3n) is 1.75. The Kier molecular flexibility index (Phi) is 2.28. The molecule has 0 aliphatic carbocycles. The van der Waals surface area contributed by atoms with E-state index in [1.54, 1.807) is 0 Å². The summed E-state index contributed by atoms with van der Waals surface area (Å²) in [6.07, 6.45) is 0. The maximum absolute atomic E-state index is 6.72. The van der Waals surface area contributed by atoms with E-state index in [9.17, 15) is 0 Å². The third kappa shape index (κ3) is 1.81. The molecule has 56 valence electrons. The summed E-state index contributed by atoms with van der Waals surface area (Å²) in [7, 11) is 0. The van der Waals surface area contributed by atoms with Gasteiger partial charge in [0.05, 0.1) is 0 Å². The SMILES string of the molecule is [C-]#[N+]Cc1ccc(C)cc1C. The Morgan fingerprint density at radius 3 is 2.64 bits per heavy atom. The van der Waals surface area contributed by atoms with Gasteiger partial charge in [-0.2, -0.15) is 0 Å². The number of hydrogen-bond acceptors (Lipinski definition) is 0. The minimum absolute atomic E-state index is 0.506. The molecule has 0 unspecified atom stereocenters. The lowest BCUT2D eigenvalue weighted by Gasteiger charge is -1.99. The monoisotopic (exact) mass is 145 g/mol. The fourth-order valence-corrected chi connectivity index (χ4v) is 1.11. The molecular formula is C10H11N. The maximum Gasteiger partial charge on any atom is 0.240 e. The van der Waals surface area contributed by atoms with Gasteiger partial charge >= 0.3 is 0 Å². The van der Waals surface area contributed by atoms with E-state index in [0.717, 1.165) is 5.56 Å². The Labute approximate surface area is 67.5 Å². The van der Waals surface area contributed by atoms with E-state index >= 15 is 0 Å². The molecule has 1 rings (SSSR count). The smallest absolute Gasteiger partial charge is 0.240 e. The van der Waals surface area contributed by atoms with Gasteiger partial charge in [-0.15, -0.1) is 0 Å². The fraction of sp³-hybridized carbons (Fsp3) is 0.300. The number of aryl methyl sites for hydroxylation is 2. The average molecular weight is 145 g/mol. The van der Waals surface area contributed by atoms with Crippen molar-refractivity contribution in [3.63, 3.8) is 0 Å². The van der Waals surface area contributed by atoms with Crippen LogP contribution in [0.25, 0.3) is 4.85 Å². The first-order valence-corrected chi connectivity index (χ1v) is 3.63. The first-order valence-electron chi connectivity index (χ1n) is 3.63. The second-order valence-corrected chi connectivity index (χ2v) is 2.75. The van der Waals surface area contributed by atoms with Gasteiger partial charge in [0.1, 0.15) is 0 Å². The molecule has 0 bridgehead atoms. The molecule has 0 amide bonds. The highest BCUT2D eigenvalue weighted by Crippen LogP contribution is 2.10. The van der Waals surface area contributed by atoms with Gasteiger partial charge < -0.3 is 4.85 Å². The van der Waals surface area contributed by atoms with Crippen molar-refractivity contribution in [2.24, 2.45) is 0 Å². The van der Waals surface area contributed by atoms with Crippen molar-refractivity contribution in [3.8, 4) is 0 Å². The molecule has 0 aliphatic rings. The van der Waals surface area contributed by atoms with Crippen molar-refractivity contribution in [2.45, 2.75) is 20.4 Å². The summed E-state index contributed by atoms with van der Waals surface area (Å²) in [5.41, 5.74) is 3.63. The molecule has 1 aromatic rings. The van der Waals surface area contributed by atoms with Crippen LogP contribution >= 0.6 is 0 Å². The van der Waals surface area contributed by atoms with Crippen molar-refractivity contribution >= 4 is 0 Å². The van der Waals surface area contributed by atoms with Crippen LogP contribution in [0.4, 0.5) is 0 Å². The van der Waals surface area contributed by atoms with Gasteiger partial charge in [0.2, 0.25) is 6.54 Å². The third-order valence-corrected chi connectivity index (χ3v) is 1.75. The Morgan fingerprint density at radius 1 is 1.36 bits per heavy atom. The number of hydrogen-bond donors (Lipinski definition) is 0. The van der Waals surface area contributed by atoms with Crippen LogP contribution in [-0.4, -0.2) is 0 Å². The topological polar surface area (TPSA) is 4.36 Å². The fourth-order valence-electron chi connectivity index (χ4n) is 1.11. The van der Waals surface area contributed by atoms with Crippen LogP contribution in [0.1, 0.15) is 16.7 Å². The molecule has 1 aromatic carbocycles. The molecule has 11 heavy (non-hydrogen) atoms. The minimum atomic E-state index is 0.506.